The number of benzene rings is 1. The third kappa shape index (κ3) is 2.40. The molecule has 0 aliphatic rings. The van der Waals surface area contributed by atoms with Crippen molar-refractivity contribution in [1.29, 1.82) is 5.26 Å². The van der Waals surface area contributed by atoms with Crippen LogP contribution in [0.4, 0.5) is 0 Å². The van der Waals surface area contributed by atoms with E-state index in [-0.39, 0.29) is 0 Å². The highest BCUT2D eigenvalue weighted by molar-refractivity contribution is 5.56. The highest BCUT2D eigenvalue weighted by Crippen LogP contribution is 2.18. The summed E-state index contributed by atoms with van der Waals surface area (Å²) >= 11 is 0. The van der Waals surface area contributed by atoms with Crippen molar-refractivity contribution in [3.05, 3.63) is 35.7 Å². The monoisotopic (exact) mass is 240 g/mol. The van der Waals surface area contributed by atoms with Gasteiger partial charge in [0.05, 0.1) is 11.6 Å². The SMILES string of the molecule is CCCCc1nnc(-c2ccc(C#N)cc2)n1C. The lowest BCUT2D eigenvalue weighted by atomic mass is 10.1. The predicted octanol–water partition coefficient (Wildman–Crippen LogP) is 2.70. The molecule has 0 bridgehead atoms. The number of nitriles is 1. The van der Waals surface area contributed by atoms with E-state index >= 15 is 0 Å². The topological polar surface area (TPSA) is 54.5 Å². The number of aryl methyl sites for hydroxylation is 1. The lowest BCUT2D eigenvalue weighted by molar-refractivity contribution is 0.712. The van der Waals surface area contributed by atoms with Crippen LogP contribution in [-0.2, 0) is 13.5 Å². The number of hydrogen-bond acceptors (Lipinski definition) is 3. The molecule has 0 aliphatic heterocycles. The second kappa shape index (κ2) is 5.46. The molecule has 2 rings (SSSR count). The molecule has 0 aliphatic carbocycles. The minimum absolute atomic E-state index is 0.659. The van der Waals surface area contributed by atoms with Crippen molar-refractivity contribution in [1.82, 2.24) is 14.8 Å². The van der Waals surface area contributed by atoms with Gasteiger partial charge in [0.25, 0.3) is 0 Å². The lowest BCUT2D eigenvalue weighted by Crippen LogP contribution is -1.99. The first-order valence-electron chi connectivity index (χ1n) is 6.15. The summed E-state index contributed by atoms with van der Waals surface area (Å²) in [4.78, 5) is 0. The van der Waals surface area contributed by atoms with Crippen molar-refractivity contribution in [2.24, 2.45) is 7.05 Å². The number of aromatic nitrogens is 3. The first-order chi connectivity index (χ1) is 8.76. The molecule has 1 aromatic carbocycles. The molecule has 18 heavy (non-hydrogen) atoms. The Hall–Kier alpha value is -2.15. The van der Waals surface area contributed by atoms with Gasteiger partial charge in [0.1, 0.15) is 5.82 Å². The molecule has 1 heterocycles. The molecule has 0 saturated heterocycles. The molecule has 0 saturated carbocycles. The Bertz CT molecular complexity index is 560. The van der Waals surface area contributed by atoms with Gasteiger partial charge in [0.2, 0.25) is 0 Å². The van der Waals surface area contributed by atoms with E-state index in [9.17, 15) is 0 Å². The molecule has 2 aromatic rings. The standard InChI is InChI=1S/C14H16N4/c1-3-4-5-13-16-17-14(18(13)2)12-8-6-11(10-15)7-9-12/h6-9H,3-5H2,1-2H3. The van der Waals surface area contributed by atoms with Crippen LogP contribution in [0, 0.1) is 11.3 Å². The minimum atomic E-state index is 0.659. The molecule has 0 N–H and O–H groups in total. The third-order valence-electron chi connectivity index (χ3n) is 2.99. The van der Waals surface area contributed by atoms with Gasteiger partial charge in [-0.1, -0.05) is 13.3 Å². The minimum Gasteiger partial charge on any atom is -0.314 e. The van der Waals surface area contributed by atoms with Gasteiger partial charge in [-0.3, -0.25) is 0 Å². The zero-order chi connectivity index (χ0) is 13.0. The summed E-state index contributed by atoms with van der Waals surface area (Å²) in [5.41, 5.74) is 1.65. The predicted molar refractivity (Wildman–Crippen MR) is 69.8 cm³/mol. The van der Waals surface area contributed by atoms with E-state index in [1.165, 1.54) is 0 Å². The Morgan fingerprint density at radius 2 is 1.94 bits per heavy atom. The molecular formula is C14H16N4. The summed E-state index contributed by atoms with van der Waals surface area (Å²) in [5, 5.41) is 17.2. The van der Waals surface area contributed by atoms with E-state index < -0.39 is 0 Å². The Balaban J connectivity index is 2.27. The fourth-order valence-corrected chi connectivity index (χ4v) is 1.86. The van der Waals surface area contributed by atoms with Gasteiger partial charge in [0, 0.05) is 19.0 Å². The first kappa shape index (κ1) is 12.3. The molecular weight excluding hydrogens is 224 g/mol. The lowest BCUT2D eigenvalue weighted by Gasteiger charge is -2.03. The van der Waals surface area contributed by atoms with Crippen LogP contribution >= 0.6 is 0 Å². The van der Waals surface area contributed by atoms with Gasteiger partial charge in [-0.15, -0.1) is 10.2 Å². The highest BCUT2D eigenvalue weighted by Gasteiger charge is 2.09. The van der Waals surface area contributed by atoms with Crippen LogP contribution in [-0.4, -0.2) is 14.8 Å². The Morgan fingerprint density at radius 3 is 2.56 bits per heavy atom. The van der Waals surface area contributed by atoms with Gasteiger partial charge in [-0.2, -0.15) is 5.26 Å². The van der Waals surface area contributed by atoms with Crippen LogP contribution < -0.4 is 0 Å². The summed E-state index contributed by atoms with van der Waals surface area (Å²) in [7, 11) is 1.98. The van der Waals surface area contributed by atoms with E-state index in [0.717, 1.165) is 36.5 Å². The van der Waals surface area contributed by atoms with Gasteiger partial charge < -0.3 is 4.57 Å². The van der Waals surface area contributed by atoms with Gasteiger partial charge in [-0.25, -0.2) is 0 Å². The van der Waals surface area contributed by atoms with Gasteiger partial charge >= 0.3 is 0 Å². The quantitative estimate of drug-likeness (QED) is 0.825. The zero-order valence-corrected chi connectivity index (χ0v) is 10.7. The molecule has 1 aromatic heterocycles. The van der Waals surface area contributed by atoms with Gasteiger partial charge in [-0.05, 0) is 30.7 Å². The number of hydrogen-bond donors (Lipinski definition) is 0. The third-order valence-corrected chi connectivity index (χ3v) is 2.99. The largest absolute Gasteiger partial charge is 0.314 e. The van der Waals surface area contributed by atoms with Crippen molar-refractivity contribution < 1.29 is 0 Å². The van der Waals surface area contributed by atoms with E-state index in [1.54, 1.807) is 12.1 Å². The smallest absolute Gasteiger partial charge is 0.163 e. The van der Waals surface area contributed by atoms with E-state index in [0.29, 0.717) is 5.56 Å². The fourth-order valence-electron chi connectivity index (χ4n) is 1.86. The maximum Gasteiger partial charge on any atom is 0.163 e. The van der Waals surface area contributed by atoms with Crippen LogP contribution in [0.3, 0.4) is 0 Å². The van der Waals surface area contributed by atoms with Crippen LogP contribution in [0.1, 0.15) is 31.2 Å². The van der Waals surface area contributed by atoms with E-state index in [1.807, 2.05) is 23.7 Å². The average Bonchev–Trinajstić information content (AvgIpc) is 2.78. The second-order valence-corrected chi connectivity index (χ2v) is 4.29. The van der Waals surface area contributed by atoms with Crippen LogP contribution in [0.5, 0.6) is 0 Å². The maximum atomic E-state index is 8.77. The van der Waals surface area contributed by atoms with Crippen molar-refractivity contribution in [2.75, 3.05) is 0 Å². The zero-order valence-electron chi connectivity index (χ0n) is 10.7. The van der Waals surface area contributed by atoms with E-state index in [4.69, 9.17) is 5.26 Å². The summed E-state index contributed by atoms with van der Waals surface area (Å²) in [5.74, 6) is 1.86. The molecule has 4 nitrogen and oxygen atoms in total. The molecule has 0 unspecified atom stereocenters. The molecule has 0 amide bonds. The number of nitrogens with zero attached hydrogens (tertiary/aromatic N) is 4. The fraction of sp³-hybridized carbons (Fsp3) is 0.357. The summed E-state index contributed by atoms with van der Waals surface area (Å²) in [6.45, 7) is 2.16. The van der Waals surface area contributed by atoms with Crippen LogP contribution in [0.15, 0.2) is 24.3 Å². The van der Waals surface area contributed by atoms with Crippen molar-refractivity contribution in [2.45, 2.75) is 26.2 Å². The normalized spacial score (nSPS) is 10.3. The summed E-state index contributed by atoms with van der Waals surface area (Å²) in [6, 6.07) is 9.53. The summed E-state index contributed by atoms with van der Waals surface area (Å²) in [6.07, 6.45) is 3.23. The first-order valence-corrected chi connectivity index (χ1v) is 6.15. The number of unbranched alkanes of at least 4 members (excludes halogenated alkanes) is 1. The number of rotatable bonds is 4. The van der Waals surface area contributed by atoms with Crippen LogP contribution in [0.25, 0.3) is 11.4 Å². The van der Waals surface area contributed by atoms with Crippen molar-refractivity contribution in [3.8, 4) is 17.5 Å². The van der Waals surface area contributed by atoms with Gasteiger partial charge in [0.15, 0.2) is 5.82 Å². The Kier molecular flexibility index (Phi) is 3.73. The Morgan fingerprint density at radius 1 is 1.22 bits per heavy atom. The molecule has 4 heteroatoms. The van der Waals surface area contributed by atoms with Crippen molar-refractivity contribution >= 4 is 0 Å². The van der Waals surface area contributed by atoms with E-state index in [2.05, 4.69) is 23.2 Å². The molecule has 0 spiro atoms. The molecule has 0 fully saturated rings. The van der Waals surface area contributed by atoms with Crippen molar-refractivity contribution in [3.63, 3.8) is 0 Å². The highest BCUT2D eigenvalue weighted by atomic mass is 15.3. The van der Waals surface area contributed by atoms with Crippen LogP contribution in [0.2, 0.25) is 0 Å². The molecule has 92 valence electrons. The molecule has 0 atom stereocenters. The summed E-state index contributed by atoms with van der Waals surface area (Å²) < 4.78 is 2.02. The Labute approximate surface area is 107 Å². The maximum absolute atomic E-state index is 8.77. The molecule has 0 radical (unpaired) electrons. The second-order valence-electron chi connectivity index (χ2n) is 4.29. The average molecular weight is 240 g/mol.